The number of aliphatic imine (C=N–C) groups is 1. The van der Waals surface area contributed by atoms with Crippen molar-refractivity contribution in [1.82, 2.24) is 16.0 Å². The number of anilines is 2. The predicted octanol–water partition coefficient (Wildman–Crippen LogP) is 13.7. The van der Waals surface area contributed by atoms with Crippen molar-refractivity contribution in [3.05, 3.63) is 251 Å². The molecule has 7 aromatic rings. The molecule has 3 aliphatic carbocycles. The summed E-state index contributed by atoms with van der Waals surface area (Å²) in [6.07, 6.45) is 22.8. The first-order chi connectivity index (χ1) is 33.7. The minimum absolute atomic E-state index is 0.0692. The predicted molar refractivity (Wildman–Crippen MR) is 277 cm³/mol. The van der Waals surface area contributed by atoms with E-state index in [0.29, 0.717) is 0 Å². The van der Waals surface area contributed by atoms with E-state index in [1.165, 1.54) is 66.9 Å². The van der Waals surface area contributed by atoms with Crippen LogP contribution in [0.15, 0.2) is 221 Å². The van der Waals surface area contributed by atoms with Crippen molar-refractivity contribution in [3.8, 4) is 0 Å². The third-order valence-electron chi connectivity index (χ3n) is 15.4. The van der Waals surface area contributed by atoms with Crippen LogP contribution < -0.4 is 20.9 Å². The fourth-order valence-electron chi connectivity index (χ4n) is 12.2. The summed E-state index contributed by atoms with van der Waals surface area (Å²) in [5, 5.41) is 13.3. The third-order valence-corrected chi connectivity index (χ3v) is 15.4. The van der Waals surface area contributed by atoms with Gasteiger partial charge in [-0.3, -0.25) is 20.9 Å². The van der Waals surface area contributed by atoms with Gasteiger partial charge in [-0.1, -0.05) is 176 Å². The number of rotatable bonds is 8. The number of benzene rings is 6. The number of allylic oxidation sites excluding steroid dienone is 8. The summed E-state index contributed by atoms with van der Waals surface area (Å²) >= 11 is 0. The standard InChI is InChI=1S/C62H55N5O/c1-6-18-40(19-7-1)45-34-46(41-20-8-2-9-21-41)36-47(35-45)48-37-52(62-65-60(42-22-10-3-11-23-42)64-61(66-62)43-24-12-4-13-25-43)59(63-39-48)44-30-31-51-56(38-44)68-55-33-32-54-57(58(51)55)50-28-16-17-29-53(50)67(54)49-26-14-5-15-27-49/h1,3-8,10-34,36,38-39,47-48,52,54,57,59-62,64-66H,2,9,35,37H2. The highest BCUT2D eigenvalue weighted by atomic mass is 16.3. The van der Waals surface area contributed by atoms with E-state index in [2.05, 4.69) is 233 Å². The van der Waals surface area contributed by atoms with Gasteiger partial charge in [0.2, 0.25) is 0 Å². The Morgan fingerprint density at radius 2 is 1.34 bits per heavy atom. The highest BCUT2D eigenvalue weighted by Gasteiger charge is 2.45. The van der Waals surface area contributed by atoms with Crippen molar-refractivity contribution in [2.45, 2.75) is 62.2 Å². The van der Waals surface area contributed by atoms with Crippen LogP contribution in [0.1, 0.15) is 89.1 Å². The molecule has 68 heavy (non-hydrogen) atoms. The molecule has 3 aliphatic heterocycles. The van der Waals surface area contributed by atoms with Crippen LogP contribution in [0.25, 0.3) is 22.6 Å². The van der Waals surface area contributed by atoms with E-state index in [1.807, 2.05) is 0 Å². The molecule has 6 aromatic carbocycles. The molecule has 6 heteroatoms. The smallest absolute Gasteiger partial charge is 0.135 e. The van der Waals surface area contributed by atoms with Gasteiger partial charge < -0.3 is 9.32 Å². The van der Waals surface area contributed by atoms with Gasteiger partial charge in [0.15, 0.2) is 0 Å². The minimum atomic E-state index is -0.113. The fraction of sp³-hybridized carbons (Fsp3) is 0.210. The maximum absolute atomic E-state index is 6.93. The van der Waals surface area contributed by atoms with Crippen LogP contribution in [0.2, 0.25) is 0 Å². The molecule has 0 radical (unpaired) electrons. The van der Waals surface area contributed by atoms with Crippen LogP contribution in [0.3, 0.4) is 0 Å². The molecular weight excluding hydrogens is 831 g/mol. The Morgan fingerprint density at radius 3 is 2.07 bits per heavy atom. The van der Waals surface area contributed by atoms with Crippen molar-refractivity contribution in [3.63, 3.8) is 0 Å². The zero-order valence-electron chi connectivity index (χ0n) is 38.0. The van der Waals surface area contributed by atoms with Crippen molar-refractivity contribution in [2.75, 3.05) is 4.90 Å². The number of hydrogen-bond donors (Lipinski definition) is 3. The Hall–Kier alpha value is -7.09. The topological polar surface area (TPSA) is 64.8 Å². The number of hydrogen-bond acceptors (Lipinski definition) is 6. The number of para-hydroxylation sites is 2. The number of fused-ring (bicyclic) bond motifs is 7. The molecule has 6 aliphatic rings. The Bertz CT molecular complexity index is 3120. The van der Waals surface area contributed by atoms with E-state index >= 15 is 0 Å². The maximum atomic E-state index is 6.93. The van der Waals surface area contributed by atoms with Crippen LogP contribution in [0, 0.1) is 17.8 Å². The minimum Gasteiger partial charge on any atom is -0.456 e. The normalized spacial score (nSPS) is 27.2. The van der Waals surface area contributed by atoms with Gasteiger partial charge >= 0.3 is 0 Å². The molecule has 1 fully saturated rings. The summed E-state index contributed by atoms with van der Waals surface area (Å²) < 4.78 is 6.93. The van der Waals surface area contributed by atoms with E-state index in [0.717, 1.165) is 37.0 Å². The zero-order chi connectivity index (χ0) is 45.0. The van der Waals surface area contributed by atoms with Crippen LogP contribution in [-0.2, 0) is 0 Å². The lowest BCUT2D eigenvalue weighted by molar-refractivity contribution is 0.121. The van der Waals surface area contributed by atoms with Gasteiger partial charge in [-0.2, -0.15) is 0 Å². The van der Waals surface area contributed by atoms with Crippen molar-refractivity contribution in [2.24, 2.45) is 22.7 Å². The lowest BCUT2D eigenvalue weighted by Gasteiger charge is -2.46. The lowest BCUT2D eigenvalue weighted by Crippen LogP contribution is -2.62. The summed E-state index contributed by atoms with van der Waals surface area (Å²) in [6, 6.07) is 59.4. The molecule has 13 rings (SSSR count). The highest BCUT2D eigenvalue weighted by Crippen LogP contribution is 2.54. The molecule has 8 atom stereocenters. The number of nitrogens with one attached hydrogen (secondary N) is 3. The molecule has 0 bridgehead atoms. The van der Waals surface area contributed by atoms with Crippen LogP contribution in [0.5, 0.6) is 0 Å². The Labute approximate surface area is 399 Å². The molecule has 6 nitrogen and oxygen atoms in total. The van der Waals surface area contributed by atoms with E-state index in [9.17, 15) is 0 Å². The second-order valence-electron chi connectivity index (χ2n) is 19.4. The fourth-order valence-corrected chi connectivity index (χ4v) is 12.2. The van der Waals surface area contributed by atoms with Crippen molar-refractivity contribution >= 4 is 40.2 Å². The molecule has 0 spiro atoms. The zero-order valence-corrected chi connectivity index (χ0v) is 38.0. The second kappa shape index (κ2) is 17.5. The Balaban J connectivity index is 0.898. The molecule has 8 unspecified atom stereocenters. The third kappa shape index (κ3) is 7.44. The quantitative estimate of drug-likeness (QED) is 0.142. The second-order valence-corrected chi connectivity index (χ2v) is 19.4. The van der Waals surface area contributed by atoms with Gasteiger partial charge in [0.1, 0.15) is 11.3 Å². The van der Waals surface area contributed by atoms with E-state index < -0.39 is 0 Å². The molecular formula is C62H55N5O. The average molecular weight is 886 g/mol. The monoisotopic (exact) mass is 885 g/mol. The Morgan fingerprint density at radius 1 is 0.632 bits per heavy atom. The molecule has 334 valence electrons. The molecule has 1 saturated heterocycles. The summed E-state index contributed by atoms with van der Waals surface area (Å²) in [5.41, 5.74) is 15.0. The first kappa shape index (κ1) is 41.1. The summed E-state index contributed by atoms with van der Waals surface area (Å²) in [5.74, 6) is 1.72. The van der Waals surface area contributed by atoms with Gasteiger partial charge in [0.25, 0.3) is 0 Å². The molecule has 1 aromatic heterocycles. The van der Waals surface area contributed by atoms with E-state index in [1.54, 1.807) is 0 Å². The Kier molecular flexibility index (Phi) is 10.6. The van der Waals surface area contributed by atoms with Gasteiger partial charge in [-0.15, -0.1) is 0 Å². The molecule has 0 amide bonds. The largest absolute Gasteiger partial charge is 0.456 e. The van der Waals surface area contributed by atoms with Crippen molar-refractivity contribution in [1.29, 1.82) is 0 Å². The van der Waals surface area contributed by atoms with Crippen LogP contribution >= 0.6 is 0 Å². The molecule has 3 N–H and O–H groups in total. The maximum Gasteiger partial charge on any atom is 0.135 e. The summed E-state index contributed by atoms with van der Waals surface area (Å²) in [6.45, 7) is 0. The van der Waals surface area contributed by atoms with Gasteiger partial charge in [-0.05, 0) is 106 Å². The lowest BCUT2D eigenvalue weighted by atomic mass is 9.72. The van der Waals surface area contributed by atoms with Gasteiger partial charge in [0.05, 0.1) is 30.6 Å². The number of nitrogens with zero attached hydrogens (tertiary/aromatic N) is 2. The van der Waals surface area contributed by atoms with Crippen molar-refractivity contribution < 1.29 is 4.42 Å². The van der Waals surface area contributed by atoms with Gasteiger partial charge in [-0.25, -0.2) is 0 Å². The average Bonchev–Trinajstić information content (AvgIpc) is 3.97. The van der Waals surface area contributed by atoms with E-state index in [-0.39, 0.29) is 54.3 Å². The van der Waals surface area contributed by atoms with Crippen LogP contribution in [-0.4, -0.2) is 18.4 Å². The summed E-state index contributed by atoms with van der Waals surface area (Å²) in [4.78, 5) is 8.19. The SMILES string of the molecule is C1=CC(C2=CC(C3C=NC(c4ccc5c6c(oc5c4)C=CC4C6c5ccccc5N4c4ccccc4)C(C4NC(c5ccccc5)NC(c5ccccc5)N4)C3)CC(c3ccccc3)=C2)=CCC1. The van der Waals surface area contributed by atoms with E-state index in [4.69, 9.17) is 9.41 Å². The first-order valence-electron chi connectivity index (χ1n) is 24.6. The number of furan rings is 1. The molecule has 4 heterocycles. The van der Waals surface area contributed by atoms with Crippen LogP contribution in [0.4, 0.5) is 11.4 Å². The summed E-state index contributed by atoms with van der Waals surface area (Å²) in [7, 11) is 0. The first-order valence-corrected chi connectivity index (χ1v) is 24.6. The van der Waals surface area contributed by atoms with Gasteiger partial charge in [0, 0.05) is 46.3 Å². The highest BCUT2D eigenvalue weighted by molar-refractivity contribution is 5.91. The molecule has 0 saturated carbocycles.